The van der Waals surface area contributed by atoms with Crippen molar-refractivity contribution in [2.24, 2.45) is 11.7 Å². The highest BCUT2D eigenvalue weighted by molar-refractivity contribution is 5.80. The summed E-state index contributed by atoms with van der Waals surface area (Å²) >= 11 is 0. The van der Waals surface area contributed by atoms with E-state index in [2.05, 4.69) is 27.3 Å². The van der Waals surface area contributed by atoms with Crippen LogP contribution in [0.4, 0.5) is 0 Å². The third-order valence-corrected chi connectivity index (χ3v) is 5.66. The number of carbonyl (C=O) groups is 1. The predicted molar refractivity (Wildman–Crippen MR) is 95.2 cm³/mol. The Labute approximate surface area is 145 Å². The Kier molecular flexibility index (Phi) is 5.51. The van der Waals surface area contributed by atoms with Crippen molar-refractivity contribution in [2.45, 2.75) is 63.6 Å². The fourth-order valence-corrected chi connectivity index (χ4v) is 4.07. The molecular weight excluding hydrogens is 300 g/mol. The van der Waals surface area contributed by atoms with E-state index in [-0.39, 0.29) is 17.4 Å². The van der Waals surface area contributed by atoms with Crippen molar-refractivity contribution in [3.63, 3.8) is 0 Å². The van der Waals surface area contributed by atoms with Gasteiger partial charge in [-0.2, -0.15) is 0 Å². The Morgan fingerprint density at radius 1 is 1.29 bits per heavy atom. The molecule has 0 spiro atoms. The molecule has 1 saturated heterocycles. The Hall–Kier alpha value is -1.46. The fraction of sp³-hybridized carbons (Fsp3) is 0.684. The molecule has 0 aromatic carbocycles. The van der Waals surface area contributed by atoms with Crippen molar-refractivity contribution in [3.05, 3.63) is 30.1 Å². The first-order valence-corrected chi connectivity index (χ1v) is 9.25. The predicted octanol–water partition coefficient (Wildman–Crippen LogP) is 2.07. The average Bonchev–Trinajstić information content (AvgIpc) is 2.57. The van der Waals surface area contributed by atoms with Gasteiger partial charge in [-0.25, -0.2) is 0 Å². The second kappa shape index (κ2) is 7.62. The highest BCUT2D eigenvalue weighted by atomic mass is 16.2. The molecule has 2 atom stereocenters. The third-order valence-electron chi connectivity index (χ3n) is 5.66. The van der Waals surface area contributed by atoms with Crippen LogP contribution in [0.1, 0.15) is 51.0 Å². The normalized spacial score (nSPS) is 29.3. The van der Waals surface area contributed by atoms with E-state index in [4.69, 9.17) is 5.73 Å². The van der Waals surface area contributed by atoms with Gasteiger partial charge in [0.25, 0.3) is 0 Å². The van der Waals surface area contributed by atoms with E-state index in [1.165, 1.54) is 5.56 Å². The van der Waals surface area contributed by atoms with Crippen LogP contribution in [0, 0.1) is 5.92 Å². The van der Waals surface area contributed by atoms with Crippen molar-refractivity contribution in [1.82, 2.24) is 15.2 Å². The lowest BCUT2D eigenvalue weighted by molar-refractivity contribution is -0.129. The first-order valence-electron chi connectivity index (χ1n) is 9.25. The van der Waals surface area contributed by atoms with Crippen LogP contribution >= 0.6 is 0 Å². The number of rotatable bonds is 4. The lowest BCUT2D eigenvalue weighted by atomic mass is 9.74. The van der Waals surface area contributed by atoms with E-state index in [0.29, 0.717) is 6.04 Å². The number of carbonyl (C=O) groups excluding carboxylic acids is 1. The molecule has 24 heavy (non-hydrogen) atoms. The molecule has 1 aromatic heterocycles. The molecule has 0 bridgehead atoms. The highest BCUT2D eigenvalue weighted by Gasteiger charge is 2.38. The molecule has 1 aliphatic carbocycles. The van der Waals surface area contributed by atoms with E-state index < -0.39 is 0 Å². The standard InChI is InChI=1S/C19H30N4O/c1-19(20)9-3-2-4-17(19)18(24)22-16-7-12-23(13-8-16)14-15-5-10-21-11-6-15/h5-6,10-11,16-17H,2-4,7-9,12-14,20H2,1H3,(H,22,24). The van der Waals surface area contributed by atoms with Gasteiger partial charge < -0.3 is 11.1 Å². The SMILES string of the molecule is CC1(N)CCCCC1C(=O)NC1CCN(Cc2ccncc2)CC1. The fourth-order valence-electron chi connectivity index (χ4n) is 4.07. The van der Waals surface area contributed by atoms with Crippen LogP contribution in [0.25, 0.3) is 0 Å². The maximum atomic E-state index is 12.6. The number of nitrogens with one attached hydrogen (secondary N) is 1. The second-order valence-corrected chi connectivity index (χ2v) is 7.72. The van der Waals surface area contributed by atoms with Gasteiger partial charge in [0.1, 0.15) is 0 Å². The van der Waals surface area contributed by atoms with Gasteiger partial charge in [-0.1, -0.05) is 12.8 Å². The van der Waals surface area contributed by atoms with Gasteiger partial charge in [-0.05, 0) is 50.3 Å². The van der Waals surface area contributed by atoms with Gasteiger partial charge in [-0.15, -0.1) is 0 Å². The van der Waals surface area contributed by atoms with E-state index >= 15 is 0 Å². The van der Waals surface area contributed by atoms with Gasteiger partial charge in [0.05, 0.1) is 5.92 Å². The lowest BCUT2D eigenvalue weighted by Crippen LogP contribution is -2.55. The Morgan fingerprint density at radius 3 is 2.67 bits per heavy atom. The van der Waals surface area contributed by atoms with E-state index in [0.717, 1.165) is 58.2 Å². The maximum Gasteiger partial charge on any atom is 0.225 e. The number of pyridine rings is 1. The minimum absolute atomic E-state index is 0.0268. The quantitative estimate of drug-likeness (QED) is 0.886. The number of hydrogen-bond donors (Lipinski definition) is 2. The lowest BCUT2D eigenvalue weighted by Gasteiger charge is -2.39. The zero-order valence-corrected chi connectivity index (χ0v) is 14.7. The largest absolute Gasteiger partial charge is 0.353 e. The van der Waals surface area contributed by atoms with Gasteiger partial charge in [0.15, 0.2) is 0 Å². The Morgan fingerprint density at radius 2 is 2.00 bits per heavy atom. The molecule has 1 amide bonds. The first-order chi connectivity index (χ1) is 11.5. The number of likely N-dealkylation sites (tertiary alicyclic amines) is 1. The molecule has 5 heteroatoms. The summed E-state index contributed by atoms with van der Waals surface area (Å²) in [6.07, 6.45) is 9.87. The summed E-state index contributed by atoms with van der Waals surface area (Å²) < 4.78 is 0. The zero-order valence-electron chi connectivity index (χ0n) is 14.7. The highest BCUT2D eigenvalue weighted by Crippen LogP contribution is 2.32. The van der Waals surface area contributed by atoms with Gasteiger partial charge in [0.2, 0.25) is 5.91 Å². The summed E-state index contributed by atoms with van der Waals surface area (Å²) in [5.41, 5.74) is 7.32. The van der Waals surface area contributed by atoms with Crippen LogP contribution in [0.15, 0.2) is 24.5 Å². The van der Waals surface area contributed by atoms with Crippen molar-refractivity contribution >= 4 is 5.91 Å². The van der Waals surface area contributed by atoms with Crippen LogP contribution < -0.4 is 11.1 Å². The van der Waals surface area contributed by atoms with Crippen molar-refractivity contribution in [2.75, 3.05) is 13.1 Å². The summed E-state index contributed by atoms with van der Waals surface area (Å²) in [6, 6.07) is 4.43. The van der Waals surface area contributed by atoms with E-state index in [9.17, 15) is 4.79 Å². The topological polar surface area (TPSA) is 71.2 Å². The maximum absolute atomic E-state index is 12.6. The number of aromatic nitrogens is 1. The molecule has 5 nitrogen and oxygen atoms in total. The molecule has 1 aromatic rings. The zero-order chi connectivity index (χ0) is 17.0. The third kappa shape index (κ3) is 4.33. The van der Waals surface area contributed by atoms with Crippen molar-refractivity contribution in [3.8, 4) is 0 Å². The molecule has 132 valence electrons. The van der Waals surface area contributed by atoms with Crippen LogP contribution in [0.5, 0.6) is 0 Å². The van der Waals surface area contributed by atoms with E-state index in [1.807, 2.05) is 19.3 Å². The van der Waals surface area contributed by atoms with Crippen LogP contribution in [0.2, 0.25) is 0 Å². The molecule has 2 unspecified atom stereocenters. The number of nitrogens with two attached hydrogens (primary N) is 1. The Bertz CT molecular complexity index is 538. The van der Waals surface area contributed by atoms with Crippen molar-refractivity contribution in [1.29, 1.82) is 0 Å². The number of hydrogen-bond acceptors (Lipinski definition) is 4. The molecule has 2 aliphatic rings. The van der Waals surface area contributed by atoms with Gasteiger partial charge in [-0.3, -0.25) is 14.7 Å². The molecule has 3 N–H and O–H groups in total. The molecule has 1 aliphatic heterocycles. The minimum Gasteiger partial charge on any atom is -0.353 e. The molecular formula is C19H30N4O. The molecule has 0 radical (unpaired) electrons. The summed E-state index contributed by atoms with van der Waals surface area (Å²) in [7, 11) is 0. The van der Waals surface area contributed by atoms with Crippen LogP contribution in [-0.4, -0.2) is 40.5 Å². The number of nitrogens with zero attached hydrogens (tertiary/aromatic N) is 2. The average molecular weight is 330 g/mol. The van der Waals surface area contributed by atoms with Crippen LogP contribution in [-0.2, 0) is 11.3 Å². The molecule has 3 rings (SSSR count). The smallest absolute Gasteiger partial charge is 0.225 e. The molecule has 2 fully saturated rings. The van der Waals surface area contributed by atoms with Gasteiger partial charge in [0, 0.05) is 43.6 Å². The monoisotopic (exact) mass is 330 g/mol. The van der Waals surface area contributed by atoms with Crippen LogP contribution in [0.3, 0.4) is 0 Å². The summed E-state index contributed by atoms with van der Waals surface area (Å²) in [6.45, 7) is 5.05. The summed E-state index contributed by atoms with van der Waals surface area (Å²) in [5, 5.41) is 3.27. The number of amides is 1. The summed E-state index contributed by atoms with van der Waals surface area (Å²) in [5.74, 6) is 0.147. The number of piperidine rings is 1. The van der Waals surface area contributed by atoms with Gasteiger partial charge >= 0.3 is 0 Å². The second-order valence-electron chi connectivity index (χ2n) is 7.72. The first kappa shape index (κ1) is 17.4. The van der Waals surface area contributed by atoms with Crippen molar-refractivity contribution < 1.29 is 4.79 Å². The Balaban J connectivity index is 1.46. The summed E-state index contributed by atoms with van der Waals surface area (Å²) in [4.78, 5) is 19.2. The molecule has 1 saturated carbocycles. The van der Waals surface area contributed by atoms with E-state index in [1.54, 1.807) is 0 Å². The molecule has 2 heterocycles. The minimum atomic E-state index is -0.343.